The van der Waals surface area contributed by atoms with Gasteiger partial charge in [-0.3, -0.25) is 0 Å². The zero-order chi connectivity index (χ0) is 12.8. The van der Waals surface area contributed by atoms with E-state index in [-0.39, 0.29) is 0 Å². The van der Waals surface area contributed by atoms with Gasteiger partial charge in [0.05, 0.1) is 23.6 Å². The van der Waals surface area contributed by atoms with E-state index in [0.717, 1.165) is 22.6 Å². The van der Waals surface area contributed by atoms with E-state index in [9.17, 15) is 0 Å². The fourth-order valence-electron chi connectivity index (χ4n) is 3.71. The van der Waals surface area contributed by atoms with Crippen LogP contribution in [-0.2, 0) is 0 Å². The van der Waals surface area contributed by atoms with Crippen LogP contribution in [0.15, 0.2) is 0 Å². The summed E-state index contributed by atoms with van der Waals surface area (Å²) in [5.74, 6) is 0. The van der Waals surface area contributed by atoms with Crippen LogP contribution in [0.1, 0.15) is 47.0 Å². The van der Waals surface area contributed by atoms with E-state index in [1.807, 2.05) is 0 Å². The lowest BCUT2D eigenvalue weighted by atomic mass is 10.1. The first-order valence-corrected chi connectivity index (χ1v) is 11.9. The Morgan fingerprint density at radius 1 is 0.824 bits per heavy atom. The fraction of sp³-hybridized carbons (Fsp3) is 0.867. The summed E-state index contributed by atoms with van der Waals surface area (Å²) in [4.78, 5) is 0. The highest BCUT2D eigenvalue weighted by Gasteiger charge is 2.58. The summed E-state index contributed by atoms with van der Waals surface area (Å²) in [5, 5.41) is 0. The molecule has 0 nitrogen and oxygen atoms in total. The van der Waals surface area contributed by atoms with Crippen molar-refractivity contribution >= 4 is 14.5 Å². The molecule has 0 saturated carbocycles. The lowest BCUT2D eigenvalue weighted by molar-refractivity contribution is 0.617. The molecule has 2 aliphatic rings. The third kappa shape index (κ3) is 2.34. The van der Waals surface area contributed by atoms with Crippen molar-refractivity contribution in [1.29, 1.82) is 0 Å². The van der Waals surface area contributed by atoms with Crippen LogP contribution in [0.5, 0.6) is 0 Å². The number of hydrogen-bond acceptors (Lipinski definition) is 0. The Kier molecular flexibility index (Phi) is 3.99. The quantitative estimate of drug-likeness (QED) is 0.479. The molecule has 0 bridgehead atoms. The van der Waals surface area contributed by atoms with Crippen molar-refractivity contribution < 1.29 is 0 Å². The molecule has 2 saturated heterocycles. The minimum absolute atomic E-state index is 0.772. The van der Waals surface area contributed by atoms with Gasteiger partial charge in [0.15, 0.2) is 0 Å². The summed E-state index contributed by atoms with van der Waals surface area (Å²) in [6.45, 7) is 19.2. The average molecular weight is 272 g/mol. The maximum absolute atomic E-state index is 4.77. The summed E-state index contributed by atoms with van der Waals surface area (Å²) in [6, 6.07) is 0. The SMILES string of the molecule is [CH2-][P+]1(CC[P+]2([CH2-])[C@@H](C)CCC[C@@H]2C)[C@H](C)[C@H]1C. The highest BCUT2D eigenvalue weighted by Crippen LogP contribution is 2.84. The zero-order valence-corrected chi connectivity index (χ0v) is 13.9. The van der Waals surface area contributed by atoms with Crippen LogP contribution in [-0.4, -0.2) is 35.0 Å². The summed E-state index contributed by atoms with van der Waals surface area (Å²) >= 11 is 0. The summed E-state index contributed by atoms with van der Waals surface area (Å²) in [5.41, 5.74) is 3.74. The van der Waals surface area contributed by atoms with Gasteiger partial charge in [-0.1, -0.05) is 0 Å². The molecular formula is C15H30P2. The molecule has 0 radical (unpaired) electrons. The summed E-state index contributed by atoms with van der Waals surface area (Å²) in [6.07, 6.45) is 7.21. The van der Waals surface area contributed by atoms with E-state index in [1.165, 1.54) is 31.6 Å². The van der Waals surface area contributed by atoms with E-state index in [0.29, 0.717) is 0 Å². The Balaban J connectivity index is 1.97. The van der Waals surface area contributed by atoms with Crippen LogP contribution in [0.25, 0.3) is 0 Å². The normalized spacial score (nSPS) is 49.1. The van der Waals surface area contributed by atoms with E-state index < -0.39 is 14.5 Å². The smallest absolute Gasteiger partial charge is 0.0741 e. The van der Waals surface area contributed by atoms with Gasteiger partial charge in [0.2, 0.25) is 0 Å². The highest BCUT2D eigenvalue weighted by atomic mass is 31.2. The molecule has 0 aromatic heterocycles. The van der Waals surface area contributed by atoms with Crippen LogP contribution in [0, 0.1) is 13.3 Å². The van der Waals surface area contributed by atoms with Crippen molar-refractivity contribution in [2.45, 2.75) is 69.6 Å². The van der Waals surface area contributed by atoms with Crippen LogP contribution in [0.2, 0.25) is 0 Å². The second-order valence-electron chi connectivity index (χ2n) is 6.76. The molecule has 17 heavy (non-hydrogen) atoms. The van der Waals surface area contributed by atoms with Gasteiger partial charge in [0.1, 0.15) is 0 Å². The Morgan fingerprint density at radius 2 is 1.24 bits per heavy atom. The van der Waals surface area contributed by atoms with Crippen molar-refractivity contribution in [2.24, 2.45) is 0 Å². The maximum atomic E-state index is 4.77. The molecule has 0 aliphatic carbocycles. The first kappa shape index (κ1) is 14.3. The molecule has 2 rings (SSSR count). The van der Waals surface area contributed by atoms with Crippen molar-refractivity contribution in [2.75, 3.05) is 12.3 Å². The van der Waals surface area contributed by atoms with E-state index >= 15 is 0 Å². The molecule has 0 aromatic rings. The molecule has 2 heterocycles. The predicted octanol–water partition coefficient (Wildman–Crippen LogP) is 5.36. The third-order valence-electron chi connectivity index (χ3n) is 6.16. The van der Waals surface area contributed by atoms with Crippen LogP contribution in [0.4, 0.5) is 0 Å². The Bertz CT molecular complexity index is 269. The zero-order valence-electron chi connectivity index (χ0n) is 12.2. The molecule has 0 aromatic carbocycles. The van der Waals surface area contributed by atoms with Gasteiger partial charge >= 0.3 is 0 Å². The molecule has 2 fully saturated rings. The number of rotatable bonds is 3. The molecule has 2 aliphatic heterocycles. The van der Waals surface area contributed by atoms with E-state index in [1.54, 1.807) is 0 Å². The highest BCUT2D eigenvalue weighted by molar-refractivity contribution is 7.87. The Hall–Kier alpha value is 0.860. The van der Waals surface area contributed by atoms with Gasteiger partial charge in [-0.2, -0.15) is 13.3 Å². The molecule has 100 valence electrons. The van der Waals surface area contributed by atoms with Crippen molar-refractivity contribution in [3.63, 3.8) is 0 Å². The monoisotopic (exact) mass is 272 g/mol. The second-order valence-corrected chi connectivity index (χ2v) is 15.5. The summed E-state index contributed by atoms with van der Waals surface area (Å²) in [7, 11) is -1.69. The third-order valence-corrected chi connectivity index (χ3v) is 16.5. The largest absolute Gasteiger partial charge is 0.179 e. The molecule has 2 heteroatoms. The lowest BCUT2D eigenvalue weighted by Gasteiger charge is -2.45. The molecule has 0 amide bonds. The van der Waals surface area contributed by atoms with Crippen molar-refractivity contribution in [1.82, 2.24) is 0 Å². The van der Waals surface area contributed by atoms with Gasteiger partial charge in [-0.05, 0) is 47.0 Å². The van der Waals surface area contributed by atoms with Gasteiger partial charge < -0.3 is 0 Å². The van der Waals surface area contributed by atoms with Crippen molar-refractivity contribution in [3.8, 4) is 0 Å². The average Bonchev–Trinajstić information content (AvgIpc) is 2.76. The molecule has 4 atom stereocenters. The minimum Gasteiger partial charge on any atom is -0.179 e. The molecule has 0 spiro atoms. The lowest BCUT2D eigenvalue weighted by Crippen LogP contribution is -2.26. The first-order chi connectivity index (χ1) is 7.82. The maximum Gasteiger partial charge on any atom is 0.0741 e. The Labute approximate surface area is 110 Å². The first-order valence-electron chi connectivity index (χ1n) is 7.26. The van der Waals surface area contributed by atoms with Crippen molar-refractivity contribution in [3.05, 3.63) is 13.3 Å². The van der Waals surface area contributed by atoms with E-state index in [4.69, 9.17) is 6.66 Å². The van der Waals surface area contributed by atoms with E-state index in [2.05, 4.69) is 34.4 Å². The van der Waals surface area contributed by atoms with Crippen LogP contribution < -0.4 is 0 Å². The fourth-order valence-corrected chi connectivity index (χ4v) is 12.9. The molecular weight excluding hydrogens is 242 g/mol. The minimum atomic E-state index is -0.917. The Morgan fingerprint density at radius 3 is 1.65 bits per heavy atom. The molecule has 0 unspecified atom stereocenters. The summed E-state index contributed by atoms with van der Waals surface area (Å²) < 4.78 is 0. The molecule has 0 N–H and O–H groups in total. The van der Waals surface area contributed by atoms with Gasteiger partial charge in [-0.15, -0.1) is 14.5 Å². The predicted molar refractivity (Wildman–Crippen MR) is 86.0 cm³/mol. The van der Waals surface area contributed by atoms with Gasteiger partial charge in [0.25, 0.3) is 0 Å². The van der Waals surface area contributed by atoms with Gasteiger partial charge in [0, 0.05) is 11.3 Å². The van der Waals surface area contributed by atoms with Crippen LogP contribution >= 0.6 is 14.5 Å². The number of hydrogen-bond donors (Lipinski definition) is 0. The van der Waals surface area contributed by atoms with Crippen LogP contribution in [0.3, 0.4) is 0 Å². The van der Waals surface area contributed by atoms with Gasteiger partial charge in [-0.25, -0.2) is 0 Å². The topological polar surface area (TPSA) is 0 Å². The standard InChI is InChI=1S/C15H30P2/c1-12-8-7-9-13(2)16(12,5)10-11-17(6)14(3)15(17)4/h12-15H,5-11H2,1-4H3/t12-,13-,14+,15+/m0/s1. The second kappa shape index (κ2) is 4.76.